The van der Waals surface area contributed by atoms with Crippen LogP contribution in [-0.4, -0.2) is 43.8 Å². The Morgan fingerprint density at radius 1 is 0.863 bits per heavy atom. The number of hydrogen-bond acceptors (Lipinski definition) is 4. The molecule has 13 heteroatoms. The number of carbonyl (C=O) groups excluding carboxylic acids is 2. The van der Waals surface area contributed by atoms with Gasteiger partial charge in [-0.15, -0.1) is 0 Å². The molecule has 0 bridgehead atoms. The Kier molecular flexibility index (Phi) is 12.4. The van der Waals surface area contributed by atoms with E-state index in [2.05, 4.69) is 5.32 Å². The quantitative estimate of drug-likeness (QED) is 0.157. The Morgan fingerprint density at radius 2 is 1.51 bits per heavy atom. The van der Waals surface area contributed by atoms with Crippen molar-refractivity contribution >= 4 is 50.7 Å². The van der Waals surface area contributed by atoms with Crippen LogP contribution < -0.4 is 9.62 Å². The summed E-state index contributed by atoms with van der Waals surface area (Å²) in [6, 6.07) is 23.0. The van der Waals surface area contributed by atoms with Crippen molar-refractivity contribution in [2.45, 2.75) is 75.1 Å². The van der Waals surface area contributed by atoms with Crippen molar-refractivity contribution in [3.05, 3.63) is 129 Å². The lowest BCUT2D eigenvalue weighted by molar-refractivity contribution is -0.140. The maximum atomic E-state index is 14.7. The minimum absolute atomic E-state index is 0.0923. The molecule has 1 unspecified atom stereocenters. The van der Waals surface area contributed by atoms with E-state index in [0.717, 1.165) is 55.4 Å². The van der Waals surface area contributed by atoms with Crippen LogP contribution in [0.25, 0.3) is 0 Å². The lowest BCUT2D eigenvalue weighted by atomic mass is 9.94. The van der Waals surface area contributed by atoms with Gasteiger partial charge in [0.15, 0.2) is 0 Å². The van der Waals surface area contributed by atoms with Crippen LogP contribution in [0.1, 0.15) is 54.4 Å². The first-order valence-corrected chi connectivity index (χ1v) is 18.8. The Hall–Kier alpha value is -4.06. The number of aryl methyl sites for hydroxylation is 1. The Bertz CT molecular complexity index is 1920. The van der Waals surface area contributed by atoms with Gasteiger partial charge in [-0.3, -0.25) is 13.9 Å². The van der Waals surface area contributed by atoms with E-state index in [1.54, 1.807) is 43.3 Å². The van der Waals surface area contributed by atoms with Crippen molar-refractivity contribution in [1.82, 2.24) is 10.2 Å². The molecule has 0 saturated heterocycles. The molecule has 1 fully saturated rings. The Labute approximate surface area is 306 Å². The number of halogens is 5. The van der Waals surface area contributed by atoms with E-state index in [-0.39, 0.29) is 23.9 Å². The largest absolute Gasteiger partial charge is 0.417 e. The van der Waals surface area contributed by atoms with Crippen LogP contribution in [0.2, 0.25) is 10.0 Å². The average Bonchev–Trinajstić information content (AvgIpc) is 3.10. The van der Waals surface area contributed by atoms with Gasteiger partial charge in [0.1, 0.15) is 12.6 Å². The zero-order valence-corrected chi connectivity index (χ0v) is 30.2. The molecule has 0 aliphatic heterocycles. The van der Waals surface area contributed by atoms with Crippen LogP contribution >= 0.6 is 23.2 Å². The molecule has 7 nitrogen and oxygen atoms in total. The molecule has 1 atom stereocenters. The van der Waals surface area contributed by atoms with Gasteiger partial charge in [-0.05, 0) is 73.4 Å². The highest BCUT2D eigenvalue weighted by Gasteiger charge is 2.38. The molecule has 4 aromatic carbocycles. The number of hydrogen-bond donors (Lipinski definition) is 1. The number of benzene rings is 4. The Morgan fingerprint density at radius 3 is 2.14 bits per heavy atom. The highest BCUT2D eigenvalue weighted by atomic mass is 35.5. The number of rotatable bonds is 12. The van der Waals surface area contributed by atoms with Gasteiger partial charge in [-0.2, -0.15) is 13.2 Å². The molecule has 2 amide bonds. The lowest BCUT2D eigenvalue weighted by Gasteiger charge is -2.35. The van der Waals surface area contributed by atoms with Crippen LogP contribution in [0, 0.1) is 6.92 Å². The van der Waals surface area contributed by atoms with E-state index < -0.39 is 56.9 Å². The molecule has 51 heavy (non-hydrogen) atoms. The molecule has 0 spiro atoms. The summed E-state index contributed by atoms with van der Waals surface area (Å²) in [5.41, 5.74) is 0.439. The molecule has 4 aromatic rings. The number of sulfonamides is 1. The fraction of sp³-hybridized carbons (Fsp3) is 0.316. The number of carbonyl (C=O) groups is 2. The Balaban J connectivity index is 1.61. The highest BCUT2D eigenvalue weighted by molar-refractivity contribution is 7.92. The van der Waals surface area contributed by atoms with E-state index in [4.69, 9.17) is 23.2 Å². The molecule has 270 valence electrons. The molecular formula is C38H38Cl2F3N3O4S. The maximum absolute atomic E-state index is 14.7. The summed E-state index contributed by atoms with van der Waals surface area (Å²) in [6.07, 6.45) is -0.265. The van der Waals surface area contributed by atoms with Gasteiger partial charge in [0.05, 0.1) is 21.2 Å². The summed E-state index contributed by atoms with van der Waals surface area (Å²) in [5.74, 6) is -1.21. The SMILES string of the molecule is Cc1ccc(S(=O)(=O)N(CC(=O)N(Cc2ccc(Cl)cc2)C(Cc2ccccc2)C(=O)NC2CCCCC2)c2ccc(Cl)c(C(F)(F)F)c2)cc1. The monoisotopic (exact) mass is 759 g/mol. The minimum Gasteiger partial charge on any atom is -0.352 e. The van der Waals surface area contributed by atoms with E-state index in [9.17, 15) is 31.2 Å². The van der Waals surface area contributed by atoms with Crippen molar-refractivity contribution < 1.29 is 31.2 Å². The number of nitrogens with zero attached hydrogens (tertiary/aromatic N) is 2. The summed E-state index contributed by atoms with van der Waals surface area (Å²) >= 11 is 12.1. The predicted molar refractivity (Wildman–Crippen MR) is 193 cm³/mol. The average molecular weight is 761 g/mol. The summed E-state index contributed by atoms with van der Waals surface area (Å²) in [7, 11) is -4.62. The third kappa shape index (κ3) is 9.84. The summed E-state index contributed by atoms with van der Waals surface area (Å²) in [4.78, 5) is 29.9. The molecule has 1 saturated carbocycles. The number of anilines is 1. The zero-order chi connectivity index (χ0) is 36.8. The van der Waals surface area contributed by atoms with Gasteiger partial charge in [-0.1, -0.05) is 103 Å². The van der Waals surface area contributed by atoms with Crippen molar-refractivity contribution in [2.75, 3.05) is 10.8 Å². The van der Waals surface area contributed by atoms with Gasteiger partial charge in [-0.25, -0.2) is 8.42 Å². The van der Waals surface area contributed by atoms with Crippen LogP contribution in [0.15, 0.2) is 102 Å². The van der Waals surface area contributed by atoms with Gasteiger partial charge < -0.3 is 10.2 Å². The standard InChI is InChI=1S/C38H38Cl2F3N3O4S/c1-26-12-19-32(20-13-26)51(49,50)46(31-18-21-34(40)33(23-31)38(41,42)43)25-36(47)45(24-28-14-16-29(39)17-15-28)35(22-27-8-4-2-5-9-27)37(48)44-30-10-6-3-7-11-30/h2,4-5,8-9,12-21,23,30,35H,3,6-7,10-11,22,24-25H2,1H3,(H,44,48). The molecule has 0 radical (unpaired) electrons. The molecule has 0 heterocycles. The molecule has 1 aliphatic rings. The fourth-order valence-corrected chi connectivity index (χ4v) is 7.89. The van der Waals surface area contributed by atoms with Crippen LogP contribution in [0.4, 0.5) is 18.9 Å². The molecule has 1 N–H and O–H groups in total. The first-order valence-electron chi connectivity index (χ1n) is 16.6. The van der Waals surface area contributed by atoms with E-state index in [0.29, 0.717) is 21.0 Å². The molecule has 0 aromatic heterocycles. The first-order chi connectivity index (χ1) is 24.2. The molecule has 1 aliphatic carbocycles. The van der Waals surface area contributed by atoms with Gasteiger partial charge in [0.25, 0.3) is 10.0 Å². The lowest BCUT2D eigenvalue weighted by Crippen LogP contribution is -2.55. The normalized spacial score (nSPS) is 14.5. The number of nitrogens with one attached hydrogen (secondary N) is 1. The smallest absolute Gasteiger partial charge is 0.352 e. The van der Waals surface area contributed by atoms with E-state index in [1.165, 1.54) is 17.0 Å². The summed E-state index contributed by atoms with van der Waals surface area (Å²) in [6.45, 7) is 0.732. The van der Waals surface area contributed by atoms with Gasteiger partial charge >= 0.3 is 6.18 Å². The van der Waals surface area contributed by atoms with Crippen molar-refractivity contribution in [3.63, 3.8) is 0 Å². The van der Waals surface area contributed by atoms with Crippen molar-refractivity contribution in [1.29, 1.82) is 0 Å². The number of alkyl halides is 3. The highest BCUT2D eigenvalue weighted by Crippen LogP contribution is 2.38. The van der Waals surface area contributed by atoms with Crippen LogP contribution in [-0.2, 0) is 38.8 Å². The molecule has 5 rings (SSSR count). The second-order valence-electron chi connectivity index (χ2n) is 12.7. The van der Waals surface area contributed by atoms with E-state index in [1.807, 2.05) is 30.3 Å². The van der Waals surface area contributed by atoms with Crippen molar-refractivity contribution in [3.8, 4) is 0 Å². The third-order valence-electron chi connectivity index (χ3n) is 8.92. The second kappa shape index (κ2) is 16.5. The zero-order valence-electron chi connectivity index (χ0n) is 27.9. The minimum atomic E-state index is -4.91. The van der Waals surface area contributed by atoms with Crippen LogP contribution in [0.5, 0.6) is 0 Å². The van der Waals surface area contributed by atoms with Crippen LogP contribution in [0.3, 0.4) is 0 Å². The number of amides is 2. The predicted octanol–water partition coefficient (Wildman–Crippen LogP) is 8.60. The third-order valence-corrected chi connectivity index (χ3v) is 11.3. The van der Waals surface area contributed by atoms with Gasteiger partial charge in [0.2, 0.25) is 11.8 Å². The summed E-state index contributed by atoms with van der Waals surface area (Å²) < 4.78 is 71.2. The first kappa shape index (κ1) is 38.2. The maximum Gasteiger partial charge on any atom is 0.417 e. The van der Waals surface area contributed by atoms with E-state index >= 15 is 0 Å². The van der Waals surface area contributed by atoms with Gasteiger partial charge in [0, 0.05) is 24.0 Å². The molecular weight excluding hydrogens is 722 g/mol. The van der Waals surface area contributed by atoms with Crippen molar-refractivity contribution in [2.24, 2.45) is 0 Å². The second-order valence-corrected chi connectivity index (χ2v) is 15.4. The topological polar surface area (TPSA) is 86.8 Å². The summed E-state index contributed by atoms with van der Waals surface area (Å²) in [5, 5.41) is 2.94. The fourth-order valence-electron chi connectivity index (χ4n) is 6.14.